The molecule has 3 rings (SSSR count). The van der Waals surface area contributed by atoms with E-state index >= 15 is 0 Å². The second-order valence-electron chi connectivity index (χ2n) is 5.53. The maximum absolute atomic E-state index is 12.5. The number of aromatic amines is 1. The Balaban J connectivity index is 1.88. The molecule has 0 unspecified atom stereocenters. The third kappa shape index (κ3) is 2.69. The van der Waals surface area contributed by atoms with Gasteiger partial charge in [0.05, 0.1) is 25.2 Å². The van der Waals surface area contributed by atoms with Gasteiger partial charge in [-0.15, -0.1) is 0 Å². The maximum Gasteiger partial charge on any atom is 0.260 e. The van der Waals surface area contributed by atoms with E-state index in [4.69, 9.17) is 4.74 Å². The van der Waals surface area contributed by atoms with Gasteiger partial charge in [-0.1, -0.05) is 0 Å². The standard InChI is InChI=1S/C14H17N3O4/c1-8-2-3-11(13(19)15-8)14(20)17-4-9-6-21-7-10(5-17)16-12(9)18/h2-3,9-10H,4-7H2,1H3,(H,15,19)(H,16,18)/t9-,10+/m1/s1. The summed E-state index contributed by atoms with van der Waals surface area (Å²) in [5.74, 6) is -0.818. The Hall–Kier alpha value is -2.15. The normalized spacial score (nSPS) is 25.2. The van der Waals surface area contributed by atoms with Gasteiger partial charge in [-0.25, -0.2) is 0 Å². The number of hydrogen-bond acceptors (Lipinski definition) is 4. The molecule has 3 heterocycles. The van der Waals surface area contributed by atoms with Crippen LogP contribution >= 0.6 is 0 Å². The molecule has 2 saturated heterocycles. The number of carbonyl (C=O) groups is 2. The van der Waals surface area contributed by atoms with Crippen LogP contribution in [0.2, 0.25) is 0 Å². The molecule has 2 fully saturated rings. The smallest absolute Gasteiger partial charge is 0.260 e. The predicted octanol–water partition coefficient (Wildman–Crippen LogP) is -0.730. The number of aromatic nitrogens is 1. The Bertz CT molecular complexity index is 639. The SMILES string of the molecule is Cc1ccc(C(=O)N2C[C@H]3COC[C@@H](C2)C(=O)N3)c(=O)[nH]1. The van der Waals surface area contributed by atoms with E-state index in [9.17, 15) is 14.4 Å². The van der Waals surface area contributed by atoms with Crippen molar-refractivity contribution in [3.8, 4) is 0 Å². The topological polar surface area (TPSA) is 91.5 Å². The van der Waals surface area contributed by atoms with Crippen molar-refractivity contribution in [1.82, 2.24) is 15.2 Å². The fraction of sp³-hybridized carbons (Fsp3) is 0.500. The molecular formula is C14H17N3O4. The van der Waals surface area contributed by atoms with Crippen molar-refractivity contribution in [3.63, 3.8) is 0 Å². The van der Waals surface area contributed by atoms with Gasteiger partial charge in [0.25, 0.3) is 11.5 Å². The molecule has 2 N–H and O–H groups in total. The first kappa shape index (κ1) is 13.8. The molecule has 1 aromatic rings. The summed E-state index contributed by atoms with van der Waals surface area (Å²) in [5, 5.41) is 2.86. The highest BCUT2D eigenvalue weighted by atomic mass is 16.5. The quantitative estimate of drug-likeness (QED) is 0.713. The first-order valence-corrected chi connectivity index (χ1v) is 6.92. The van der Waals surface area contributed by atoms with Crippen molar-refractivity contribution >= 4 is 11.8 Å². The van der Waals surface area contributed by atoms with Crippen LogP contribution in [0.4, 0.5) is 0 Å². The molecule has 2 atom stereocenters. The third-order valence-corrected chi connectivity index (χ3v) is 3.81. The molecule has 0 saturated carbocycles. The van der Waals surface area contributed by atoms with E-state index in [0.29, 0.717) is 25.5 Å². The molecule has 2 bridgehead atoms. The Labute approximate surface area is 121 Å². The van der Waals surface area contributed by atoms with Gasteiger partial charge in [0, 0.05) is 18.8 Å². The molecular weight excluding hydrogens is 274 g/mol. The number of H-pyrrole nitrogens is 1. The highest BCUT2D eigenvalue weighted by Crippen LogP contribution is 2.15. The van der Waals surface area contributed by atoms with Crippen LogP contribution in [-0.2, 0) is 9.53 Å². The Morgan fingerprint density at radius 2 is 2.10 bits per heavy atom. The van der Waals surface area contributed by atoms with Gasteiger partial charge in [0.15, 0.2) is 0 Å². The van der Waals surface area contributed by atoms with E-state index in [2.05, 4.69) is 10.3 Å². The van der Waals surface area contributed by atoms with Crippen molar-refractivity contribution in [2.75, 3.05) is 26.3 Å². The van der Waals surface area contributed by atoms with Crippen molar-refractivity contribution in [2.24, 2.45) is 5.92 Å². The number of hydrogen-bond donors (Lipinski definition) is 2. The first-order chi connectivity index (χ1) is 10.0. The van der Waals surface area contributed by atoms with Crippen molar-refractivity contribution in [3.05, 3.63) is 33.7 Å². The molecule has 7 nitrogen and oxygen atoms in total. The highest BCUT2D eigenvalue weighted by molar-refractivity contribution is 5.94. The van der Waals surface area contributed by atoms with Gasteiger partial charge in [0.1, 0.15) is 5.56 Å². The molecule has 2 aliphatic heterocycles. The summed E-state index contributed by atoms with van der Waals surface area (Å²) in [7, 11) is 0. The molecule has 0 aromatic carbocycles. The number of nitrogens with zero attached hydrogens (tertiary/aromatic N) is 1. The lowest BCUT2D eigenvalue weighted by Gasteiger charge is -2.27. The van der Waals surface area contributed by atoms with E-state index in [-0.39, 0.29) is 35.9 Å². The van der Waals surface area contributed by atoms with Gasteiger partial charge < -0.3 is 19.9 Å². The van der Waals surface area contributed by atoms with E-state index in [1.165, 1.54) is 6.07 Å². The van der Waals surface area contributed by atoms with E-state index in [1.807, 2.05) is 0 Å². The fourth-order valence-corrected chi connectivity index (χ4v) is 2.71. The second-order valence-corrected chi connectivity index (χ2v) is 5.53. The number of amides is 2. The monoisotopic (exact) mass is 291 g/mol. The Morgan fingerprint density at radius 1 is 1.29 bits per heavy atom. The van der Waals surface area contributed by atoms with Gasteiger partial charge in [-0.2, -0.15) is 0 Å². The van der Waals surface area contributed by atoms with Crippen LogP contribution in [0.15, 0.2) is 16.9 Å². The molecule has 112 valence electrons. The minimum absolute atomic E-state index is 0.0920. The largest absolute Gasteiger partial charge is 0.378 e. The molecule has 1 aromatic heterocycles. The number of nitrogens with one attached hydrogen (secondary N) is 2. The molecule has 0 spiro atoms. The summed E-state index contributed by atoms with van der Waals surface area (Å²) < 4.78 is 5.42. The summed E-state index contributed by atoms with van der Waals surface area (Å²) in [5.41, 5.74) is 0.411. The number of aryl methyl sites for hydroxylation is 1. The average Bonchev–Trinajstić information content (AvgIpc) is 2.66. The Kier molecular flexibility index (Phi) is 3.50. The summed E-state index contributed by atoms with van der Waals surface area (Å²) >= 11 is 0. The van der Waals surface area contributed by atoms with Crippen molar-refractivity contribution < 1.29 is 14.3 Å². The number of ether oxygens (including phenoxy) is 1. The van der Waals surface area contributed by atoms with Gasteiger partial charge in [-0.3, -0.25) is 14.4 Å². The number of fused-ring (bicyclic) bond motifs is 3. The summed E-state index contributed by atoms with van der Waals surface area (Å²) in [6.07, 6.45) is 0. The zero-order valence-electron chi connectivity index (χ0n) is 11.7. The van der Waals surface area contributed by atoms with Crippen LogP contribution in [-0.4, -0.2) is 54.0 Å². The minimum atomic E-state index is -0.398. The zero-order chi connectivity index (χ0) is 15.0. The maximum atomic E-state index is 12.5. The fourth-order valence-electron chi connectivity index (χ4n) is 2.71. The van der Waals surface area contributed by atoms with Crippen LogP contribution < -0.4 is 10.9 Å². The van der Waals surface area contributed by atoms with Crippen LogP contribution in [0.5, 0.6) is 0 Å². The van der Waals surface area contributed by atoms with Crippen LogP contribution in [0.3, 0.4) is 0 Å². The van der Waals surface area contributed by atoms with Gasteiger partial charge in [0.2, 0.25) is 5.91 Å². The van der Waals surface area contributed by atoms with Crippen LogP contribution in [0.25, 0.3) is 0 Å². The predicted molar refractivity (Wildman–Crippen MR) is 73.9 cm³/mol. The first-order valence-electron chi connectivity index (χ1n) is 6.92. The van der Waals surface area contributed by atoms with Crippen molar-refractivity contribution in [2.45, 2.75) is 13.0 Å². The summed E-state index contributed by atoms with van der Waals surface area (Å²) in [6.45, 7) is 3.07. The molecule has 0 aliphatic carbocycles. The molecule has 0 radical (unpaired) electrons. The van der Waals surface area contributed by atoms with Gasteiger partial charge in [-0.05, 0) is 19.1 Å². The molecule has 2 aliphatic rings. The van der Waals surface area contributed by atoms with E-state index < -0.39 is 5.56 Å². The minimum Gasteiger partial charge on any atom is -0.378 e. The van der Waals surface area contributed by atoms with E-state index in [0.717, 1.165) is 0 Å². The third-order valence-electron chi connectivity index (χ3n) is 3.81. The lowest BCUT2D eigenvalue weighted by molar-refractivity contribution is -0.125. The number of carbonyl (C=O) groups excluding carboxylic acids is 2. The van der Waals surface area contributed by atoms with E-state index in [1.54, 1.807) is 17.9 Å². The van der Waals surface area contributed by atoms with Crippen molar-refractivity contribution in [1.29, 1.82) is 0 Å². The molecule has 21 heavy (non-hydrogen) atoms. The lowest BCUT2D eigenvalue weighted by Crippen LogP contribution is -2.45. The number of pyridine rings is 1. The molecule has 7 heteroatoms. The molecule has 2 amide bonds. The number of rotatable bonds is 1. The van der Waals surface area contributed by atoms with Gasteiger partial charge >= 0.3 is 0 Å². The summed E-state index contributed by atoms with van der Waals surface area (Å²) in [4.78, 5) is 40.6. The Morgan fingerprint density at radius 3 is 2.86 bits per heavy atom. The summed E-state index contributed by atoms with van der Waals surface area (Å²) in [6, 6.07) is 3.00. The highest BCUT2D eigenvalue weighted by Gasteiger charge is 2.35. The zero-order valence-corrected chi connectivity index (χ0v) is 11.7. The average molecular weight is 291 g/mol. The second kappa shape index (κ2) is 5.33. The van der Waals surface area contributed by atoms with Crippen LogP contribution in [0.1, 0.15) is 16.1 Å². The lowest BCUT2D eigenvalue weighted by atomic mass is 10.1. The van der Waals surface area contributed by atoms with Crippen LogP contribution in [0, 0.1) is 12.8 Å².